The summed E-state index contributed by atoms with van der Waals surface area (Å²) in [5, 5.41) is 20.1. The van der Waals surface area contributed by atoms with Gasteiger partial charge in [0.1, 0.15) is 17.2 Å². The maximum atomic E-state index is 13.9. The van der Waals surface area contributed by atoms with Crippen LogP contribution in [-0.2, 0) is 17.1 Å². The van der Waals surface area contributed by atoms with Gasteiger partial charge in [0.25, 0.3) is 0 Å². The average molecular weight is 417 g/mol. The van der Waals surface area contributed by atoms with Crippen LogP contribution in [-0.4, -0.2) is 6.61 Å². The zero-order valence-corrected chi connectivity index (χ0v) is 16.0. The quantitative estimate of drug-likeness (QED) is 0.240. The molecule has 0 saturated heterocycles. The Hall–Kier alpha value is -0.944. The predicted octanol–water partition coefficient (Wildman–Crippen LogP) is 0.734. The van der Waals surface area contributed by atoms with Gasteiger partial charge in [-0.1, -0.05) is 6.92 Å². The number of rotatable bonds is 3. The SMILES string of the molecule is CCO/C([O-])=C(/C#N)c1c(F)c(F)c(C(F)(F)F)c(F)c1C(F)(F)F.[K+]. The number of allylic oxidation sites excluding steroid dienone is 1. The Morgan fingerprint density at radius 3 is 1.77 bits per heavy atom. The normalized spacial score (nSPS) is 12.8. The van der Waals surface area contributed by atoms with E-state index >= 15 is 0 Å². The summed E-state index contributed by atoms with van der Waals surface area (Å²) < 4.78 is 122. The van der Waals surface area contributed by atoms with E-state index in [0.29, 0.717) is 0 Å². The Morgan fingerprint density at radius 1 is 0.962 bits per heavy atom. The first-order chi connectivity index (χ1) is 11.3. The molecule has 1 rings (SSSR count). The smallest absolute Gasteiger partial charge is 0.613 e. The minimum absolute atomic E-state index is 0. The largest absolute Gasteiger partial charge is 1.00 e. The molecule has 0 aliphatic rings. The van der Waals surface area contributed by atoms with Gasteiger partial charge in [-0.3, -0.25) is 0 Å². The maximum Gasteiger partial charge on any atom is 1.00 e. The molecular formula is C13H5F9KNO2. The van der Waals surface area contributed by atoms with E-state index in [1.54, 1.807) is 0 Å². The Bertz CT molecular complexity index is 763. The number of alkyl halides is 6. The van der Waals surface area contributed by atoms with Crippen molar-refractivity contribution in [2.45, 2.75) is 19.3 Å². The molecule has 0 bridgehead atoms. The third-order valence-corrected chi connectivity index (χ3v) is 2.73. The summed E-state index contributed by atoms with van der Waals surface area (Å²) >= 11 is 0. The van der Waals surface area contributed by atoms with Crippen molar-refractivity contribution in [1.29, 1.82) is 5.26 Å². The zero-order chi connectivity index (χ0) is 19.7. The fourth-order valence-corrected chi connectivity index (χ4v) is 1.82. The summed E-state index contributed by atoms with van der Waals surface area (Å²) in [6.07, 6.45) is -12.0. The van der Waals surface area contributed by atoms with Crippen LogP contribution in [0.3, 0.4) is 0 Å². The molecule has 0 aromatic heterocycles. The van der Waals surface area contributed by atoms with Crippen molar-refractivity contribution < 1.29 is 101 Å². The molecule has 26 heavy (non-hydrogen) atoms. The van der Waals surface area contributed by atoms with Gasteiger partial charge in [-0.15, -0.1) is 0 Å². The summed E-state index contributed by atoms with van der Waals surface area (Å²) in [5.74, 6) is -11.0. The molecular weight excluding hydrogens is 412 g/mol. The van der Waals surface area contributed by atoms with Crippen LogP contribution >= 0.6 is 0 Å². The first kappa shape index (κ1) is 25.1. The molecule has 0 saturated carbocycles. The van der Waals surface area contributed by atoms with E-state index in [0.717, 1.165) is 13.0 Å². The van der Waals surface area contributed by atoms with Gasteiger partial charge in [0.05, 0.1) is 11.5 Å². The van der Waals surface area contributed by atoms with Gasteiger partial charge in [-0.2, -0.15) is 31.6 Å². The first-order valence-electron chi connectivity index (χ1n) is 6.08. The monoisotopic (exact) mass is 417 g/mol. The molecule has 0 fully saturated rings. The number of hydrogen-bond donors (Lipinski definition) is 0. The average Bonchev–Trinajstić information content (AvgIpc) is 2.42. The first-order valence-corrected chi connectivity index (χ1v) is 6.08. The zero-order valence-electron chi connectivity index (χ0n) is 12.9. The minimum Gasteiger partial charge on any atom is -0.613 e. The van der Waals surface area contributed by atoms with Gasteiger partial charge in [0, 0.05) is 5.56 Å². The van der Waals surface area contributed by atoms with E-state index in [2.05, 4.69) is 4.74 Å². The van der Waals surface area contributed by atoms with Crippen molar-refractivity contribution in [2.75, 3.05) is 6.61 Å². The van der Waals surface area contributed by atoms with E-state index in [1.165, 1.54) is 0 Å². The van der Waals surface area contributed by atoms with Crippen LogP contribution in [0.5, 0.6) is 0 Å². The number of hydrogen-bond acceptors (Lipinski definition) is 3. The third-order valence-electron chi connectivity index (χ3n) is 2.73. The van der Waals surface area contributed by atoms with E-state index in [4.69, 9.17) is 5.26 Å². The second-order valence-electron chi connectivity index (χ2n) is 4.27. The van der Waals surface area contributed by atoms with Crippen molar-refractivity contribution >= 4 is 5.57 Å². The minimum atomic E-state index is -6.01. The van der Waals surface area contributed by atoms with Crippen molar-refractivity contribution in [3.63, 3.8) is 0 Å². The molecule has 0 heterocycles. The van der Waals surface area contributed by atoms with Gasteiger partial charge >= 0.3 is 63.7 Å². The van der Waals surface area contributed by atoms with Gasteiger partial charge in [0.15, 0.2) is 17.5 Å². The molecule has 138 valence electrons. The van der Waals surface area contributed by atoms with E-state index in [9.17, 15) is 44.6 Å². The molecule has 0 spiro atoms. The number of nitriles is 1. The van der Waals surface area contributed by atoms with Crippen molar-refractivity contribution in [3.05, 3.63) is 40.1 Å². The number of halogens is 9. The van der Waals surface area contributed by atoms with Gasteiger partial charge < -0.3 is 9.84 Å². The second-order valence-corrected chi connectivity index (χ2v) is 4.27. The molecule has 0 radical (unpaired) electrons. The molecule has 0 unspecified atom stereocenters. The van der Waals surface area contributed by atoms with Crippen LogP contribution in [0.15, 0.2) is 5.95 Å². The van der Waals surface area contributed by atoms with Crippen molar-refractivity contribution in [1.82, 2.24) is 0 Å². The second kappa shape index (κ2) is 8.83. The van der Waals surface area contributed by atoms with Crippen LogP contribution in [0.4, 0.5) is 39.5 Å². The summed E-state index contributed by atoms with van der Waals surface area (Å²) in [5.41, 5.74) is -10.2. The van der Waals surface area contributed by atoms with Gasteiger partial charge in [0.2, 0.25) is 0 Å². The van der Waals surface area contributed by atoms with E-state index in [-0.39, 0.29) is 51.4 Å². The summed E-state index contributed by atoms with van der Waals surface area (Å²) in [6.45, 7) is 0.625. The standard InChI is InChI=1S/C13H6F9NO2.K/c1-2-25-11(24)4(3-23)5-6(12(17,18)19)9(15)7(13(20,21)22)10(16)8(5)14;/h24H,2H2,1H3;/q;+1/p-1/b11-4-;. The van der Waals surface area contributed by atoms with Crippen molar-refractivity contribution in [3.8, 4) is 6.07 Å². The molecule has 0 N–H and O–H groups in total. The predicted molar refractivity (Wildman–Crippen MR) is 60.5 cm³/mol. The van der Waals surface area contributed by atoms with Crippen LogP contribution in [0.25, 0.3) is 5.57 Å². The van der Waals surface area contributed by atoms with E-state index < -0.39 is 64.6 Å². The summed E-state index contributed by atoms with van der Waals surface area (Å²) in [6, 6.07) is 0.756. The topological polar surface area (TPSA) is 56.1 Å². The Kier molecular flexibility index (Phi) is 8.51. The molecule has 1 aromatic carbocycles. The number of nitrogens with zero attached hydrogens (tertiary/aromatic N) is 1. The van der Waals surface area contributed by atoms with Crippen LogP contribution < -0.4 is 56.5 Å². The summed E-state index contributed by atoms with van der Waals surface area (Å²) in [4.78, 5) is 0. The molecule has 0 atom stereocenters. The Morgan fingerprint density at radius 2 is 1.42 bits per heavy atom. The Balaban J connectivity index is 0.00000625. The fraction of sp³-hybridized carbons (Fsp3) is 0.308. The number of ether oxygens (including phenoxy) is 1. The van der Waals surface area contributed by atoms with Crippen LogP contribution in [0, 0.1) is 28.8 Å². The van der Waals surface area contributed by atoms with Crippen LogP contribution in [0.2, 0.25) is 0 Å². The molecule has 0 amide bonds. The molecule has 3 nitrogen and oxygen atoms in total. The fourth-order valence-electron chi connectivity index (χ4n) is 1.82. The third kappa shape index (κ3) is 4.86. The van der Waals surface area contributed by atoms with E-state index in [1.807, 2.05) is 0 Å². The molecule has 0 aliphatic heterocycles. The Labute approximate surface area is 182 Å². The molecule has 0 aliphatic carbocycles. The van der Waals surface area contributed by atoms with Crippen molar-refractivity contribution in [2.24, 2.45) is 0 Å². The van der Waals surface area contributed by atoms with Gasteiger partial charge in [-0.05, 0) is 6.61 Å². The molecule has 13 heteroatoms. The number of benzene rings is 1. The maximum absolute atomic E-state index is 13.9. The van der Waals surface area contributed by atoms with Crippen LogP contribution in [0.1, 0.15) is 23.6 Å². The van der Waals surface area contributed by atoms with Gasteiger partial charge in [-0.25, -0.2) is 13.2 Å². The summed E-state index contributed by atoms with van der Waals surface area (Å²) in [7, 11) is 0. The molecule has 1 aromatic rings.